The molecule has 1 atom stereocenters. The van der Waals surface area contributed by atoms with Crippen molar-refractivity contribution < 1.29 is 9.53 Å². The summed E-state index contributed by atoms with van der Waals surface area (Å²) in [5, 5.41) is 0. The van der Waals surface area contributed by atoms with E-state index in [2.05, 4.69) is 12.1 Å². The Labute approximate surface area is 125 Å². The van der Waals surface area contributed by atoms with Crippen molar-refractivity contribution in [3.8, 4) is 5.75 Å². The summed E-state index contributed by atoms with van der Waals surface area (Å²) < 4.78 is 5.95. The summed E-state index contributed by atoms with van der Waals surface area (Å²) >= 11 is 0. The second-order valence-corrected chi connectivity index (χ2v) is 5.24. The zero-order valence-electron chi connectivity index (χ0n) is 12.2. The standard InChI is InChI=1S/C18H19NO2/c1-2-18(20)19-12-15(14-8-4-3-5-9-14)13-21-17-11-7-6-10-16(17)19/h3-11,15H,2,12-13H2,1H3. The zero-order valence-corrected chi connectivity index (χ0v) is 12.2. The molecule has 1 heterocycles. The molecular weight excluding hydrogens is 262 g/mol. The van der Waals surface area contributed by atoms with Gasteiger partial charge < -0.3 is 9.64 Å². The topological polar surface area (TPSA) is 29.5 Å². The molecule has 0 saturated heterocycles. The highest BCUT2D eigenvalue weighted by Crippen LogP contribution is 2.34. The lowest BCUT2D eigenvalue weighted by Crippen LogP contribution is -2.34. The van der Waals surface area contributed by atoms with Crippen LogP contribution >= 0.6 is 0 Å². The molecule has 0 spiro atoms. The monoisotopic (exact) mass is 281 g/mol. The second kappa shape index (κ2) is 6.00. The minimum atomic E-state index is 0.133. The predicted molar refractivity (Wildman–Crippen MR) is 83.8 cm³/mol. The molecule has 2 aromatic rings. The number of para-hydroxylation sites is 2. The van der Waals surface area contributed by atoms with Gasteiger partial charge in [0, 0.05) is 18.9 Å². The van der Waals surface area contributed by atoms with Gasteiger partial charge >= 0.3 is 0 Å². The third-order valence-corrected chi connectivity index (χ3v) is 3.87. The van der Waals surface area contributed by atoms with E-state index in [0.29, 0.717) is 19.6 Å². The third-order valence-electron chi connectivity index (χ3n) is 3.87. The summed E-state index contributed by atoms with van der Waals surface area (Å²) in [6.07, 6.45) is 0.496. The van der Waals surface area contributed by atoms with E-state index in [9.17, 15) is 4.79 Å². The van der Waals surface area contributed by atoms with Gasteiger partial charge in [0.2, 0.25) is 5.91 Å². The number of hydrogen-bond acceptors (Lipinski definition) is 2. The second-order valence-electron chi connectivity index (χ2n) is 5.24. The van der Waals surface area contributed by atoms with Crippen molar-refractivity contribution in [1.82, 2.24) is 0 Å². The van der Waals surface area contributed by atoms with Gasteiger partial charge in [-0.05, 0) is 17.7 Å². The van der Waals surface area contributed by atoms with Gasteiger partial charge in [-0.2, -0.15) is 0 Å². The lowest BCUT2D eigenvalue weighted by molar-refractivity contribution is -0.118. The first-order valence-electron chi connectivity index (χ1n) is 7.36. The van der Waals surface area contributed by atoms with Gasteiger partial charge in [0.25, 0.3) is 0 Å². The molecule has 0 bridgehead atoms. The van der Waals surface area contributed by atoms with Crippen molar-refractivity contribution in [2.45, 2.75) is 19.3 Å². The Balaban J connectivity index is 1.96. The minimum Gasteiger partial charge on any atom is -0.491 e. The van der Waals surface area contributed by atoms with E-state index in [4.69, 9.17) is 4.74 Å². The number of carbonyl (C=O) groups is 1. The molecule has 0 aromatic heterocycles. The van der Waals surface area contributed by atoms with Gasteiger partial charge in [0.05, 0.1) is 12.3 Å². The van der Waals surface area contributed by atoms with Crippen LogP contribution < -0.4 is 9.64 Å². The normalized spacial score (nSPS) is 17.6. The largest absolute Gasteiger partial charge is 0.491 e. The number of benzene rings is 2. The fraction of sp³-hybridized carbons (Fsp3) is 0.278. The fourth-order valence-corrected chi connectivity index (χ4v) is 2.72. The number of hydrogen-bond donors (Lipinski definition) is 0. The summed E-state index contributed by atoms with van der Waals surface area (Å²) in [6, 6.07) is 18.0. The summed E-state index contributed by atoms with van der Waals surface area (Å²) in [4.78, 5) is 14.2. The van der Waals surface area contributed by atoms with Gasteiger partial charge in [-0.3, -0.25) is 4.79 Å². The van der Waals surface area contributed by atoms with Crippen LogP contribution in [0.15, 0.2) is 54.6 Å². The van der Waals surface area contributed by atoms with E-state index in [1.807, 2.05) is 54.3 Å². The lowest BCUT2D eigenvalue weighted by Gasteiger charge is -2.24. The van der Waals surface area contributed by atoms with Crippen molar-refractivity contribution in [3.05, 3.63) is 60.2 Å². The van der Waals surface area contributed by atoms with Crippen LogP contribution in [-0.4, -0.2) is 19.1 Å². The number of fused-ring (bicyclic) bond motifs is 1. The average Bonchev–Trinajstić information content (AvgIpc) is 2.75. The molecule has 1 aliphatic heterocycles. The Morgan fingerprint density at radius 2 is 1.86 bits per heavy atom. The SMILES string of the molecule is CCC(=O)N1CC(c2ccccc2)COc2ccccc21. The summed E-state index contributed by atoms with van der Waals surface area (Å²) in [7, 11) is 0. The molecule has 1 aliphatic rings. The highest BCUT2D eigenvalue weighted by Gasteiger charge is 2.27. The van der Waals surface area contributed by atoms with Crippen molar-refractivity contribution in [2.24, 2.45) is 0 Å². The maximum Gasteiger partial charge on any atom is 0.226 e. The van der Waals surface area contributed by atoms with E-state index >= 15 is 0 Å². The summed E-state index contributed by atoms with van der Waals surface area (Å²) in [5.41, 5.74) is 2.09. The Morgan fingerprint density at radius 3 is 2.62 bits per heavy atom. The molecule has 0 fully saturated rings. The third kappa shape index (κ3) is 2.77. The molecule has 0 saturated carbocycles. The van der Waals surface area contributed by atoms with Crippen LogP contribution in [0.4, 0.5) is 5.69 Å². The molecule has 0 N–H and O–H groups in total. The van der Waals surface area contributed by atoms with Crippen LogP contribution in [0.3, 0.4) is 0 Å². The van der Waals surface area contributed by atoms with Crippen LogP contribution in [0, 0.1) is 0 Å². The van der Waals surface area contributed by atoms with E-state index in [0.717, 1.165) is 11.4 Å². The molecule has 0 radical (unpaired) electrons. The molecule has 2 aromatic carbocycles. The summed E-state index contributed by atoms with van der Waals surface area (Å²) in [5.74, 6) is 1.11. The molecule has 1 unspecified atom stereocenters. The Hall–Kier alpha value is -2.29. The molecule has 3 nitrogen and oxygen atoms in total. The van der Waals surface area contributed by atoms with Crippen LogP contribution in [-0.2, 0) is 4.79 Å². The number of anilines is 1. The highest BCUT2D eigenvalue weighted by atomic mass is 16.5. The van der Waals surface area contributed by atoms with Gasteiger partial charge in [-0.25, -0.2) is 0 Å². The first-order chi connectivity index (χ1) is 10.3. The van der Waals surface area contributed by atoms with Gasteiger partial charge in [-0.15, -0.1) is 0 Å². The molecule has 3 heteroatoms. The first-order valence-corrected chi connectivity index (χ1v) is 7.36. The van der Waals surface area contributed by atoms with Gasteiger partial charge in [-0.1, -0.05) is 49.4 Å². The highest BCUT2D eigenvalue weighted by molar-refractivity contribution is 5.95. The van der Waals surface area contributed by atoms with Crippen molar-refractivity contribution in [3.63, 3.8) is 0 Å². The predicted octanol–water partition coefficient (Wildman–Crippen LogP) is 3.61. The number of ether oxygens (including phenoxy) is 1. The minimum absolute atomic E-state index is 0.133. The van der Waals surface area contributed by atoms with Gasteiger partial charge in [0.15, 0.2) is 0 Å². The molecular formula is C18H19NO2. The quantitative estimate of drug-likeness (QED) is 0.841. The first kappa shape index (κ1) is 13.7. The number of rotatable bonds is 2. The van der Waals surface area contributed by atoms with Crippen LogP contribution in [0.2, 0.25) is 0 Å². The Kier molecular flexibility index (Phi) is 3.91. The molecule has 1 amide bonds. The molecule has 0 aliphatic carbocycles. The maximum atomic E-state index is 12.3. The number of nitrogens with zero attached hydrogens (tertiary/aromatic N) is 1. The summed E-state index contributed by atoms with van der Waals surface area (Å²) in [6.45, 7) is 3.15. The van der Waals surface area contributed by atoms with E-state index in [-0.39, 0.29) is 11.8 Å². The van der Waals surface area contributed by atoms with E-state index in [1.54, 1.807) is 0 Å². The van der Waals surface area contributed by atoms with Crippen LogP contribution in [0.25, 0.3) is 0 Å². The fourth-order valence-electron chi connectivity index (χ4n) is 2.72. The average molecular weight is 281 g/mol. The number of amides is 1. The van der Waals surface area contributed by atoms with Crippen LogP contribution in [0.5, 0.6) is 5.75 Å². The lowest BCUT2D eigenvalue weighted by atomic mass is 9.99. The van der Waals surface area contributed by atoms with Crippen molar-refractivity contribution in [2.75, 3.05) is 18.1 Å². The zero-order chi connectivity index (χ0) is 14.7. The number of carbonyl (C=O) groups excluding carboxylic acids is 1. The smallest absolute Gasteiger partial charge is 0.226 e. The van der Waals surface area contributed by atoms with E-state index < -0.39 is 0 Å². The van der Waals surface area contributed by atoms with Crippen LogP contribution in [0.1, 0.15) is 24.8 Å². The molecule has 21 heavy (non-hydrogen) atoms. The maximum absolute atomic E-state index is 12.3. The molecule has 3 rings (SSSR count). The molecule has 108 valence electrons. The Bertz CT molecular complexity index is 624. The van der Waals surface area contributed by atoms with Crippen molar-refractivity contribution in [1.29, 1.82) is 0 Å². The van der Waals surface area contributed by atoms with Gasteiger partial charge in [0.1, 0.15) is 5.75 Å². The van der Waals surface area contributed by atoms with E-state index in [1.165, 1.54) is 5.56 Å². The van der Waals surface area contributed by atoms with Crippen molar-refractivity contribution >= 4 is 11.6 Å². The Morgan fingerprint density at radius 1 is 1.14 bits per heavy atom.